The Morgan fingerprint density at radius 2 is 1.48 bits per heavy atom. The van der Waals surface area contributed by atoms with Crippen LogP contribution in [0.3, 0.4) is 0 Å². The molecule has 3 nitrogen and oxygen atoms in total. The van der Waals surface area contributed by atoms with Crippen molar-refractivity contribution < 1.29 is 9.90 Å². The molecular weight excluding hydrogens is 262 g/mol. The Bertz CT molecular complexity index is 475. The summed E-state index contributed by atoms with van der Waals surface area (Å²) in [5, 5.41) is 11.2. The maximum absolute atomic E-state index is 10.7. The minimum Gasteiger partial charge on any atom is -0.465 e. The smallest absolute Gasteiger partial charge is 0.404 e. The van der Waals surface area contributed by atoms with Crippen LogP contribution in [0.4, 0.5) is 4.79 Å². The molecule has 1 atom stereocenters. The van der Waals surface area contributed by atoms with Crippen molar-refractivity contribution in [3.05, 3.63) is 34.9 Å². The number of carboxylic acid groups (broad SMARTS) is 1. The fraction of sp³-hybridized carbons (Fsp3) is 0.611. The molecule has 1 rings (SSSR count). The van der Waals surface area contributed by atoms with Gasteiger partial charge in [-0.15, -0.1) is 0 Å². The normalized spacial score (nSPS) is 13.9. The molecule has 1 aromatic rings. The van der Waals surface area contributed by atoms with Crippen molar-refractivity contribution in [2.24, 2.45) is 0 Å². The van der Waals surface area contributed by atoms with Gasteiger partial charge in [-0.05, 0) is 33.4 Å². The van der Waals surface area contributed by atoms with Crippen LogP contribution in [0.2, 0.25) is 0 Å². The van der Waals surface area contributed by atoms with Crippen molar-refractivity contribution in [1.82, 2.24) is 5.32 Å². The van der Waals surface area contributed by atoms with Gasteiger partial charge in [0.1, 0.15) is 0 Å². The highest BCUT2D eigenvalue weighted by Crippen LogP contribution is 2.32. The highest BCUT2D eigenvalue weighted by atomic mass is 16.4. The molecule has 0 saturated carbocycles. The molecule has 0 heterocycles. The number of benzene rings is 1. The highest BCUT2D eigenvalue weighted by Gasteiger charge is 2.21. The van der Waals surface area contributed by atoms with Gasteiger partial charge in [-0.25, -0.2) is 4.79 Å². The summed E-state index contributed by atoms with van der Waals surface area (Å²) in [5.74, 6) is 0.157. The van der Waals surface area contributed by atoms with Crippen LogP contribution < -0.4 is 5.32 Å². The molecular formula is C18H29NO2. The molecule has 0 spiro atoms. The van der Waals surface area contributed by atoms with E-state index in [1.165, 1.54) is 16.7 Å². The van der Waals surface area contributed by atoms with E-state index in [1.54, 1.807) is 0 Å². The van der Waals surface area contributed by atoms with Crippen LogP contribution in [0.1, 0.15) is 71.1 Å². The lowest BCUT2D eigenvalue weighted by atomic mass is 9.78. The maximum Gasteiger partial charge on any atom is 0.404 e. The molecule has 0 aliphatic heterocycles. The lowest BCUT2D eigenvalue weighted by Gasteiger charge is -2.27. The molecule has 0 bridgehead atoms. The van der Waals surface area contributed by atoms with Crippen molar-refractivity contribution in [3.8, 4) is 0 Å². The van der Waals surface area contributed by atoms with E-state index in [4.69, 9.17) is 5.11 Å². The third kappa shape index (κ3) is 5.07. The van der Waals surface area contributed by atoms with Gasteiger partial charge in [-0.3, -0.25) is 0 Å². The first-order valence-electron chi connectivity index (χ1n) is 7.54. The van der Waals surface area contributed by atoms with Crippen LogP contribution in [0.5, 0.6) is 0 Å². The summed E-state index contributed by atoms with van der Waals surface area (Å²) in [6.45, 7) is 15.7. The van der Waals surface area contributed by atoms with Gasteiger partial charge in [0.2, 0.25) is 0 Å². The van der Waals surface area contributed by atoms with E-state index in [0.29, 0.717) is 6.54 Å². The predicted octanol–water partition coefficient (Wildman–Crippen LogP) is 4.65. The van der Waals surface area contributed by atoms with Crippen LogP contribution >= 0.6 is 0 Å². The van der Waals surface area contributed by atoms with Crippen molar-refractivity contribution in [2.45, 2.75) is 65.2 Å². The molecule has 1 unspecified atom stereocenters. The monoisotopic (exact) mass is 291 g/mol. The number of amides is 1. The van der Waals surface area contributed by atoms with Crippen molar-refractivity contribution in [2.75, 3.05) is 6.54 Å². The first-order chi connectivity index (χ1) is 9.41. The van der Waals surface area contributed by atoms with E-state index in [1.807, 2.05) is 0 Å². The first kappa shape index (κ1) is 17.5. The van der Waals surface area contributed by atoms with Gasteiger partial charge in [0, 0.05) is 6.54 Å². The molecule has 2 N–H and O–H groups in total. The second-order valence-electron chi connectivity index (χ2n) is 7.93. The second kappa shape index (κ2) is 6.08. The molecule has 118 valence electrons. The molecule has 21 heavy (non-hydrogen) atoms. The Balaban J connectivity index is 3.22. The molecule has 0 radical (unpaired) electrons. The molecule has 0 fully saturated rings. The van der Waals surface area contributed by atoms with Crippen LogP contribution in [0, 0.1) is 0 Å². The van der Waals surface area contributed by atoms with Crippen molar-refractivity contribution >= 4 is 6.09 Å². The minimum absolute atomic E-state index is 0.0793. The number of nitrogens with one attached hydrogen (secondary N) is 1. The standard InChI is InChI=1S/C18H29NO2/c1-12(11-19-16(20)21)13-8-14(17(2,3)4)10-15(9-13)18(5,6)7/h8-10,12,19H,11H2,1-7H3,(H,20,21). The van der Waals surface area contributed by atoms with E-state index < -0.39 is 6.09 Å². The molecule has 0 aromatic heterocycles. The van der Waals surface area contributed by atoms with Crippen molar-refractivity contribution in [1.29, 1.82) is 0 Å². The summed E-state index contributed by atoms with van der Waals surface area (Å²) >= 11 is 0. The van der Waals surface area contributed by atoms with Crippen LogP contribution in [0.25, 0.3) is 0 Å². The summed E-state index contributed by atoms with van der Waals surface area (Å²) in [6, 6.07) is 6.70. The van der Waals surface area contributed by atoms with Crippen LogP contribution in [-0.4, -0.2) is 17.7 Å². The van der Waals surface area contributed by atoms with E-state index in [-0.39, 0.29) is 16.7 Å². The number of hydrogen-bond acceptors (Lipinski definition) is 1. The molecule has 0 aliphatic rings. The topological polar surface area (TPSA) is 49.3 Å². The Hall–Kier alpha value is -1.51. The fourth-order valence-electron chi connectivity index (χ4n) is 2.16. The summed E-state index contributed by atoms with van der Waals surface area (Å²) in [4.78, 5) is 10.7. The third-order valence-electron chi connectivity index (χ3n) is 3.82. The average Bonchev–Trinajstić information content (AvgIpc) is 2.33. The summed E-state index contributed by atoms with van der Waals surface area (Å²) in [5.41, 5.74) is 3.95. The molecule has 0 saturated heterocycles. The van der Waals surface area contributed by atoms with E-state index in [2.05, 4.69) is 72.0 Å². The first-order valence-corrected chi connectivity index (χ1v) is 7.54. The van der Waals surface area contributed by atoms with E-state index >= 15 is 0 Å². The summed E-state index contributed by atoms with van der Waals surface area (Å²) < 4.78 is 0. The Kier molecular flexibility index (Phi) is 5.08. The van der Waals surface area contributed by atoms with Gasteiger partial charge in [0.15, 0.2) is 0 Å². The SMILES string of the molecule is CC(CNC(=O)O)c1cc(C(C)(C)C)cc(C(C)(C)C)c1. The summed E-state index contributed by atoms with van der Waals surface area (Å²) in [7, 11) is 0. The van der Waals surface area contributed by atoms with Gasteiger partial charge in [0.25, 0.3) is 0 Å². The zero-order valence-corrected chi connectivity index (χ0v) is 14.4. The fourth-order valence-corrected chi connectivity index (χ4v) is 2.16. The lowest BCUT2D eigenvalue weighted by Crippen LogP contribution is -2.26. The highest BCUT2D eigenvalue weighted by molar-refractivity contribution is 5.64. The third-order valence-corrected chi connectivity index (χ3v) is 3.82. The van der Waals surface area contributed by atoms with Gasteiger partial charge < -0.3 is 10.4 Å². The largest absolute Gasteiger partial charge is 0.465 e. The van der Waals surface area contributed by atoms with Crippen molar-refractivity contribution in [3.63, 3.8) is 0 Å². The molecule has 0 aliphatic carbocycles. The molecule has 3 heteroatoms. The van der Waals surface area contributed by atoms with Crippen LogP contribution in [-0.2, 0) is 10.8 Å². The van der Waals surface area contributed by atoms with Gasteiger partial charge in [-0.1, -0.05) is 66.7 Å². The zero-order chi connectivity index (χ0) is 16.4. The summed E-state index contributed by atoms with van der Waals surface area (Å²) in [6.07, 6.45) is -0.968. The van der Waals surface area contributed by atoms with E-state index in [0.717, 1.165) is 0 Å². The quantitative estimate of drug-likeness (QED) is 0.851. The predicted molar refractivity (Wildman–Crippen MR) is 88.3 cm³/mol. The van der Waals surface area contributed by atoms with Gasteiger partial charge >= 0.3 is 6.09 Å². The maximum atomic E-state index is 10.7. The molecule has 1 aromatic carbocycles. The van der Waals surface area contributed by atoms with Gasteiger partial charge in [-0.2, -0.15) is 0 Å². The molecule has 1 amide bonds. The number of rotatable bonds is 3. The second-order valence-corrected chi connectivity index (χ2v) is 7.93. The van der Waals surface area contributed by atoms with Gasteiger partial charge in [0.05, 0.1) is 0 Å². The minimum atomic E-state index is -0.968. The average molecular weight is 291 g/mol. The number of hydrogen-bond donors (Lipinski definition) is 2. The van der Waals surface area contributed by atoms with Crippen LogP contribution in [0.15, 0.2) is 18.2 Å². The lowest BCUT2D eigenvalue weighted by molar-refractivity contribution is 0.194. The Morgan fingerprint density at radius 1 is 1.05 bits per heavy atom. The van der Waals surface area contributed by atoms with E-state index in [9.17, 15) is 4.79 Å². The Morgan fingerprint density at radius 3 is 1.81 bits per heavy atom. The zero-order valence-electron chi connectivity index (χ0n) is 14.4. The number of carbonyl (C=O) groups is 1. The Labute approximate surface area is 128 Å².